The molecule has 1 N–H and O–H groups in total. The minimum atomic E-state index is 0.864. The minimum absolute atomic E-state index is 0.864. The minimum Gasteiger partial charge on any atom is -0.361 e. The van der Waals surface area contributed by atoms with Crippen molar-refractivity contribution in [2.45, 2.75) is 13.1 Å². The Hall–Kier alpha value is -2.07. The number of hydrogen-bond donors (Lipinski definition) is 1. The van der Waals surface area contributed by atoms with Gasteiger partial charge in [-0.1, -0.05) is 6.07 Å². The zero-order valence-corrected chi connectivity index (χ0v) is 11.3. The van der Waals surface area contributed by atoms with E-state index >= 15 is 0 Å². The van der Waals surface area contributed by atoms with Crippen molar-refractivity contribution < 1.29 is 0 Å². The van der Waals surface area contributed by atoms with Crippen molar-refractivity contribution in [3.63, 3.8) is 0 Å². The van der Waals surface area contributed by atoms with Gasteiger partial charge in [0.25, 0.3) is 0 Å². The highest BCUT2D eigenvalue weighted by molar-refractivity contribution is 5.83. The summed E-state index contributed by atoms with van der Waals surface area (Å²) in [6.07, 6.45) is 7.75. The summed E-state index contributed by atoms with van der Waals surface area (Å²) in [5.74, 6) is 0. The lowest BCUT2D eigenvalue weighted by Crippen LogP contribution is -2.10. The molecule has 0 spiro atoms. The van der Waals surface area contributed by atoms with Gasteiger partial charge in [0.1, 0.15) is 0 Å². The van der Waals surface area contributed by atoms with Crippen LogP contribution in [0.4, 0.5) is 0 Å². The highest BCUT2D eigenvalue weighted by atomic mass is 15.1. The van der Waals surface area contributed by atoms with Crippen LogP contribution in [0.2, 0.25) is 0 Å². The molecular formula is C15H18N4. The van der Waals surface area contributed by atoms with Crippen LogP contribution in [0.15, 0.2) is 43.1 Å². The number of imidazole rings is 1. The predicted octanol–water partition coefficient (Wildman–Crippen LogP) is 2.47. The summed E-state index contributed by atoms with van der Waals surface area (Å²) in [6.45, 7) is 1.82. The molecule has 2 heterocycles. The van der Waals surface area contributed by atoms with E-state index in [1.807, 2.05) is 18.7 Å². The maximum atomic E-state index is 4.08. The SMILES string of the molecule is CN(C)Cc1c[nH]c2ccc(Cn3ccnc3)cc12. The highest BCUT2D eigenvalue weighted by Crippen LogP contribution is 2.21. The summed E-state index contributed by atoms with van der Waals surface area (Å²) in [6, 6.07) is 6.59. The van der Waals surface area contributed by atoms with Gasteiger partial charge < -0.3 is 14.5 Å². The molecule has 2 aromatic heterocycles. The fourth-order valence-corrected chi connectivity index (χ4v) is 2.39. The standard InChI is InChI=1S/C15H18N4/c1-18(2)10-13-8-17-15-4-3-12(7-14(13)15)9-19-6-5-16-11-19/h3-8,11,17H,9-10H2,1-2H3. The Kier molecular flexibility index (Phi) is 3.09. The molecule has 98 valence electrons. The van der Waals surface area contributed by atoms with Crippen molar-refractivity contribution in [2.24, 2.45) is 0 Å². The van der Waals surface area contributed by atoms with E-state index in [-0.39, 0.29) is 0 Å². The van der Waals surface area contributed by atoms with Gasteiger partial charge in [-0.25, -0.2) is 4.98 Å². The largest absolute Gasteiger partial charge is 0.361 e. The number of H-pyrrole nitrogens is 1. The van der Waals surface area contributed by atoms with Gasteiger partial charge >= 0.3 is 0 Å². The van der Waals surface area contributed by atoms with Crippen molar-refractivity contribution in [3.8, 4) is 0 Å². The normalized spacial score (nSPS) is 11.5. The van der Waals surface area contributed by atoms with Gasteiger partial charge in [0.15, 0.2) is 0 Å². The molecule has 0 aliphatic heterocycles. The molecule has 3 rings (SSSR count). The molecule has 0 unspecified atom stereocenters. The first-order valence-electron chi connectivity index (χ1n) is 6.42. The second kappa shape index (κ2) is 4.90. The Labute approximate surface area is 112 Å². The maximum absolute atomic E-state index is 4.08. The van der Waals surface area contributed by atoms with E-state index in [0.29, 0.717) is 0 Å². The van der Waals surface area contributed by atoms with Gasteiger partial charge in [-0.2, -0.15) is 0 Å². The summed E-state index contributed by atoms with van der Waals surface area (Å²) >= 11 is 0. The van der Waals surface area contributed by atoms with Gasteiger partial charge in [0, 0.05) is 42.6 Å². The van der Waals surface area contributed by atoms with Gasteiger partial charge in [-0.05, 0) is 37.4 Å². The monoisotopic (exact) mass is 254 g/mol. The third-order valence-electron chi connectivity index (χ3n) is 3.24. The Morgan fingerprint density at radius 3 is 2.95 bits per heavy atom. The predicted molar refractivity (Wildman–Crippen MR) is 77.0 cm³/mol. The lowest BCUT2D eigenvalue weighted by atomic mass is 10.1. The van der Waals surface area contributed by atoms with E-state index in [9.17, 15) is 0 Å². The van der Waals surface area contributed by atoms with E-state index in [2.05, 4.69) is 57.9 Å². The topological polar surface area (TPSA) is 36.9 Å². The number of aromatic nitrogens is 3. The Bertz CT molecular complexity index is 665. The number of aromatic amines is 1. The van der Waals surface area contributed by atoms with Crippen molar-refractivity contribution in [2.75, 3.05) is 14.1 Å². The van der Waals surface area contributed by atoms with Crippen LogP contribution in [0.1, 0.15) is 11.1 Å². The van der Waals surface area contributed by atoms with E-state index in [1.165, 1.54) is 22.0 Å². The molecule has 0 aliphatic carbocycles. The lowest BCUT2D eigenvalue weighted by Gasteiger charge is -2.09. The van der Waals surface area contributed by atoms with Crippen molar-refractivity contribution in [3.05, 3.63) is 54.2 Å². The van der Waals surface area contributed by atoms with Crippen LogP contribution in [0.5, 0.6) is 0 Å². The average Bonchev–Trinajstić information content (AvgIpc) is 3.00. The quantitative estimate of drug-likeness (QED) is 0.776. The number of nitrogens with one attached hydrogen (secondary N) is 1. The fourth-order valence-electron chi connectivity index (χ4n) is 2.39. The number of rotatable bonds is 4. The van der Waals surface area contributed by atoms with Gasteiger partial charge in [0.2, 0.25) is 0 Å². The number of fused-ring (bicyclic) bond motifs is 1. The maximum Gasteiger partial charge on any atom is 0.0949 e. The number of hydrogen-bond acceptors (Lipinski definition) is 2. The first kappa shape index (κ1) is 12.0. The molecule has 3 aromatic rings. The Morgan fingerprint density at radius 1 is 1.32 bits per heavy atom. The van der Waals surface area contributed by atoms with Gasteiger partial charge in [-0.15, -0.1) is 0 Å². The zero-order chi connectivity index (χ0) is 13.2. The van der Waals surface area contributed by atoms with E-state index in [4.69, 9.17) is 0 Å². The molecule has 4 heteroatoms. The smallest absolute Gasteiger partial charge is 0.0949 e. The molecule has 0 amide bonds. The van der Waals surface area contributed by atoms with Crippen molar-refractivity contribution in [1.29, 1.82) is 0 Å². The van der Waals surface area contributed by atoms with Crippen LogP contribution in [0, 0.1) is 0 Å². The van der Waals surface area contributed by atoms with Crippen LogP contribution >= 0.6 is 0 Å². The summed E-state index contributed by atoms with van der Waals surface area (Å²) < 4.78 is 2.08. The molecule has 0 bridgehead atoms. The van der Waals surface area contributed by atoms with Crippen LogP contribution in [0.25, 0.3) is 10.9 Å². The van der Waals surface area contributed by atoms with Crippen LogP contribution in [0.3, 0.4) is 0 Å². The molecule has 19 heavy (non-hydrogen) atoms. The van der Waals surface area contributed by atoms with Crippen LogP contribution in [-0.2, 0) is 13.1 Å². The third kappa shape index (κ3) is 2.53. The molecule has 1 aromatic carbocycles. The van der Waals surface area contributed by atoms with E-state index in [1.54, 1.807) is 0 Å². The summed E-state index contributed by atoms with van der Waals surface area (Å²) in [7, 11) is 4.18. The first-order valence-corrected chi connectivity index (χ1v) is 6.42. The van der Waals surface area contributed by atoms with E-state index in [0.717, 1.165) is 13.1 Å². The fraction of sp³-hybridized carbons (Fsp3) is 0.267. The molecule has 0 atom stereocenters. The molecule has 0 radical (unpaired) electrons. The second-order valence-corrected chi connectivity index (χ2v) is 5.17. The van der Waals surface area contributed by atoms with Gasteiger partial charge in [0.05, 0.1) is 6.33 Å². The summed E-state index contributed by atoms with van der Waals surface area (Å²) in [4.78, 5) is 9.60. The highest BCUT2D eigenvalue weighted by Gasteiger charge is 2.06. The van der Waals surface area contributed by atoms with Gasteiger partial charge in [-0.3, -0.25) is 0 Å². The number of benzene rings is 1. The number of nitrogens with zero attached hydrogens (tertiary/aromatic N) is 3. The molecule has 0 aliphatic rings. The van der Waals surface area contributed by atoms with E-state index < -0.39 is 0 Å². The molecule has 0 fully saturated rings. The molecule has 0 saturated carbocycles. The van der Waals surface area contributed by atoms with Crippen molar-refractivity contribution >= 4 is 10.9 Å². The van der Waals surface area contributed by atoms with Crippen molar-refractivity contribution in [1.82, 2.24) is 19.4 Å². The molecular weight excluding hydrogens is 236 g/mol. The Morgan fingerprint density at radius 2 is 2.21 bits per heavy atom. The second-order valence-electron chi connectivity index (χ2n) is 5.17. The summed E-state index contributed by atoms with van der Waals surface area (Å²) in [5, 5.41) is 1.31. The molecule has 0 saturated heterocycles. The first-order chi connectivity index (χ1) is 9.22. The zero-order valence-electron chi connectivity index (χ0n) is 11.3. The summed E-state index contributed by atoms with van der Waals surface area (Å²) in [5.41, 5.74) is 3.84. The Balaban J connectivity index is 1.94. The lowest BCUT2D eigenvalue weighted by molar-refractivity contribution is 0.404. The third-order valence-corrected chi connectivity index (χ3v) is 3.24. The van der Waals surface area contributed by atoms with Crippen LogP contribution < -0.4 is 0 Å². The van der Waals surface area contributed by atoms with Crippen LogP contribution in [-0.4, -0.2) is 33.5 Å². The average molecular weight is 254 g/mol. The molecule has 4 nitrogen and oxygen atoms in total.